The number of likely N-dealkylation sites (tertiary alicyclic amines) is 1. The third-order valence-electron chi connectivity index (χ3n) is 4.30. The molecule has 1 amide bonds. The fourth-order valence-electron chi connectivity index (χ4n) is 2.77. The van der Waals surface area contributed by atoms with E-state index in [4.69, 9.17) is 10.9 Å². The van der Waals surface area contributed by atoms with Crippen LogP contribution in [0.4, 0.5) is 0 Å². The lowest BCUT2D eigenvalue weighted by atomic mass is 9.96. The van der Waals surface area contributed by atoms with Crippen LogP contribution in [-0.2, 0) is 4.79 Å². The summed E-state index contributed by atoms with van der Waals surface area (Å²) in [6.45, 7) is 2.82. The molecular weight excluding hydrogens is 310 g/mol. The molecule has 1 aliphatic rings. The summed E-state index contributed by atoms with van der Waals surface area (Å²) in [7, 11) is 0. The molecule has 1 atom stereocenters. The number of ketones is 1. The first-order chi connectivity index (χ1) is 11.4. The third-order valence-corrected chi connectivity index (χ3v) is 4.30. The molecule has 7 heteroatoms. The van der Waals surface area contributed by atoms with Crippen LogP contribution in [0.2, 0.25) is 0 Å². The highest BCUT2D eigenvalue weighted by Gasteiger charge is 2.26. The summed E-state index contributed by atoms with van der Waals surface area (Å²) in [4.78, 5) is 26.4. The van der Waals surface area contributed by atoms with E-state index in [0.717, 1.165) is 0 Å². The molecule has 0 bridgehead atoms. The van der Waals surface area contributed by atoms with Gasteiger partial charge in [0.15, 0.2) is 11.6 Å². The quantitative estimate of drug-likeness (QED) is 0.244. The van der Waals surface area contributed by atoms with E-state index in [1.807, 2.05) is 0 Å². The van der Waals surface area contributed by atoms with Crippen molar-refractivity contribution in [3.05, 3.63) is 35.4 Å². The van der Waals surface area contributed by atoms with Gasteiger partial charge in [-0.05, 0) is 12.8 Å². The molecule has 0 saturated carbocycles. The number of Topliss-reactive ketones (excluding diaryl/α,β-unsaturated/α-hetero) is 1. The lowest BCUT2D eigenvalue weighted by Gasteiger charge is -2.31. The van der Waals surface area contributed by atoms with Crippen molar-refractivity contribution >= 4 is 17.5 Å². The Balaban J connectivity index is 1.94. The van der Waals surface area contributed by atoms with Crippen molar-refractivity contribution in [1.82, 2.24) is 4.90 Å². The zero-order valence-corrected chi connectivity index (χ0v) is 13.7. The van der Waals surface area contributed by atoms with Crippen LogP contribution in [0.5, 0.6) is 0 Å². The SMILES string of the molecule is CC(CC(=O)c1ccc(C(N)=NO)cc1)C(=O)N1CCC(O)CC1. The van der Waals surface area contributed by atoms with Crippen LogP contribution in [0.25, 0.3) is 0 Å². The Hall–Kier alpha value is -2.41. The fourth-order valence-corrected chi connectivity index (χ4v) is 2.77. The maximum absolute atomic E-state index is 12.4. The Bertz CT molecular complexity index is 619. The summed E-state index contributed by atoms with van der Waals surface area (Å²) in [5, 5.41) is 21.0. The second-order valence-electron chi connectivity index (χ2n) is 6.15. The topological polar surface area (TPSA) is 116 Å². The highest BCUT2D eigenvalue weighted by molar-refractivity contribution is 6.01. The van der Waals surface area contributed by atoms with E-state index >= 15 is 0 Å². The number of aliphatic hydroxyl groups excluding tert-OH is 1. The van der Waals surface area contributed by atoms with Crippen LogP contribution in [0.3, 0.4) is 0 Å². The number of aliphatic hydroxyl groups is 1. The van der Waals surface area contributed by atoms with Crippen LogP contribution in [-0.4, -0.2) is 51.9 Å². The Morgan fingerprint density at radius 3 is 2.33 bits per heavy atom. The lowest BCUT2D eigenvalue weighted by Crippen LogP contribution is -2.42. The summed E-state index contributed by atoms with van der Waals surface area (Å²) in [6.07, 6.45) is 0.962. The molecule has 1 aliphatic heterocycles. The summed E-state index contributed by atoms with van der Waals surface area (Å²) < 4.78 is 0. The molecule has 0 spiro atoms. The molecule has 0 aromatic heterocycles. The Labute approximate surface area is 140 Å². The molecule has 0 aliphatic carbocycles. The molecule has 0 radical (unpaired) electrons. The van der Waals surface area contributed by atoms with Gasteiger partial charge in [0.25, 0.3) is 0 Å². The van der Waals surface area contributed by atoms with Crippen molar-refractivity contribution < 1.29 is 19.9 Å². The number of nitrogens with two attached hydrogens (primary N) is 1. The number of nitrogens with zero attached hydrogens (tertiary/aromatic N) is 2. The van der Waals surface area contributed by atoms with Crippen LogP contribution in [0.15, 0.2) is 29.4 Å². The number of oxime groups is 1. The number of rotatable bonds is 5. The van der Waals surface area contributed by atoms with Gasteiger partial charge in [0.1, 0.15) is 0 Å². The van der Waals surface area contributed by atoms with Gasteiger partial charge in [-0.1, -0.05) is 36.3 Å². The number of amidine groups is 1. The van der Waals surface area contributed by atoms with Gasteiger partial charge in [-0.25, -0.2) is 0 Å². The first-order valence-electron chi connectivity index (χ1n) is 8.00. The lowest BCUT2D eigenvalue weighted by molar-refractivity contribution is -0.136. The number of amides is 1. The van der Waals surface area contributed by atoms with Gasteiger partial charge in [0.2, 0.25) is 5.91 Å². The minimum Gasteiger partial charge on any atom is -0.409 e. The molecular formula is C17H23N3O4. The molecule has 24 heavy (non-hydrogen) atoms. The van der Waals surface area contributed by atoms with Crippen LogP contribution in [0.1, 0.15) is 42.1 Å². The van der Waals surface area contributed by atoms with Crippen LogP contribution >= 0.6 is 0 Å². The van der Waals surface area contributed by atoms with E-state index in [1.54, 1.807) is 36.1 Å². The van der Waals surface area contributed by atoms with Crippen molar-refractivity contribution in [3.63, 3.8) is 0 Å². The number of benzene rings is 1. The summed E-state index contributed by atoms with van der Waals surface area (Å²) in [6, 6.07) is 6.40. The van der Waals surface area contributed by atoms with Crippen LogP contribution in [0, 0.1) is 5.92 Å². The van der Waals surface area contributed by atoms with Crippen molar-refractivity contribution in [2.45, 2.75) is 32.3 Å². The molecule has 1 aromatic carbocycles. The largest absolute Gasteiger partial charge is 0.409 e. The van der Waals surface area contributed by atoms with Gasteiger partial charge < -0.3 is 20.9 Å². The van der Waals surface area contributed by atoms with Gasteiger partial charge in [-0.3, -0.25) is 9.59 Å². The smallest absolute Gasteiger partial charge is 0.225 e. The third kappa shape index (κ3) is 4.32. The molecule has 2 rings (SSSR count). The first-order valence-corrected chi connectivity index (χ1v) is 8.00. The molecule has 1 aromatic rings. The number of carbonyl (C=O) groups excluding carboxylic acids is 2. The molecule has 130 valence electrons. The monoisotopic (exact) mass is 333 g/mol. The zero-order valence-electron chi connectivity index (χ0n) is 13.7. The van der Waals surface area contributed by atoms with E-state index in [1.165, 1.54) is 0 Å². The van der Waals surface area contributed by atoms with Crippen molar-refractivity contribution in [2.24, 2.45) is 16.8 Å². The standard InChI is InChI=1S/C17H23N3O4/c1-11(17(23)20-8-6-14(21)7-9-20)10-15(22)12-2-4-13(5-3-12)16(18)19-24/h2-5,11,14,21,24H,6-10H2,1H3,(H2,18,19). The summed E-state index contributed by atoms with van der Waals surface area (Å²) in [5.74, 6) is -0.608. The van der Waals surface area contributed by atoms with Crippen molar-refractivity contribution in [1.29, 1.82) is 0 Å². The van der Waals surface area contributed by atoms with Gasteiger partial charge in [0, 0.05) is 36.6 Å². The van der Waals surface area contributed by atoms with Crippen molar-refractivity contribution in [3.8, 4) is 0 Å². The number of piperidine rings is 1. The van der Waals surface area contributed by atoms with Gasteiger partial charge in [0.05, 0.1) is 6.10 Å². The normalized spacial score (nSPS) is 17.6. The van der Waals surface area contributed by atoms with E-state index in [0.29, 0.717) is 37.1 Å². The molecule has 1 fully saturated rings. The second-order valence-corrected chi connectivity index (χ2v) is 6.15. The highest BCUT2D eigenvalue weighted by atomic mass is 16.4. The maximum Gasteiger partial charge on any atom is 0.225 e. The minimum atomic E-state index is -0.406. The number of hydrogen-bond donors (Lipinski definition) is 3. The molecule has 1 heterocycles. The highest BCUT2D eigenvalue weighted by Crippen LogP contribution is 2.17. The van der Waals surface area contributed by atoms with Gasteiger partial charge >= 0.3 is 0 Å². The first kappa shape index (κ1) is 17.9. The fraction of sp³-hybridized carbons (Fsp3) is 0.471. The molecule has 1 unspecified atom stereocenters. The van der Waals surface area contributed by atoms with E-state index < -0.39 is 5.92 Å². The van der Waals surface area contributed by atoms with Crippen molar-refractivity contribution in [2.75, 3.05) is 13.1 Å². The minimum absolute atomic E-state index is 0.0233. The Morgan fingerprint density at radius 2 is 1.79 bits per heavy atom. The van der Waals surface area contributed by atoms with Crippen LogP contribution < -0.4 is 5.73 Å². The molecule has 1 saturated heterocycles. The number of carbonyl (C=O) groups is 2. The second kappa shape index (κ2) is 7.92. The predicted molar refractivity (Wildman–Crippen MR) is 88.9 cm³/mol. The maximum atomic E-state index is 12.4. The predicted octanol–water partition coefficient (Wildman–Crippen LogP) is 0.973. The average Bonchev–Trinajstić information content (AvgIpc) is 2.61. The zero-order chi connectivity index (χ0) is 17.7. The van der Waals surface area contributed by atoms with E-state index in [-0.39, 0.29) is 30.1 Å². The molecule has 4 N–H and O–H groups in total. The Morgan fingerprint density at radius 1 is 1.25 bits per heavy atom. The molecule has 7 nitrogen and oxygen atoms in total. The number of hydrogen-bond acceptors (Lipinski definition) is 5. The van der Waals surface area contributed by atoms with Gasteiger partial charge in [-0.15, -0.1) is 0 Å². The van der Waals surface area contributed by atoms with E-state index in [2.05, 4.69) is 5.16 Å². The average molecular weight is 333 g/mol. The van der Waals surface area contributed by atoms with E-state index in [9.17, 15) is 14.7 Å². The van der Waals surface area contributed by atoms with Gasteiger partial charge in [-0.2, -0.15) is 0 Å². The summed E-state index contributed by atoms with van der Waals surface area (Å²) >= 11 is 0. The summed E-state index contributed by atoms with van der Waals surface area (Å²) in [5.41, 5.74) is 6.48. The Kier molecular flexibility index (Phi) is 5.92.